The van der Waals surface area contributed by atoms with Crippen molar-refractivity contribution in [1.82, 2.24) is 9.97 Å². The minimum Gasteiger partial charge on any atom is -0.509 e. The molecule has 9 aromatic rings. The molecule has 2 aromatic heterocycles. The largest absolute Gasteiger partial charge is 0.509 e. The van der Waals surface area contributed by atoms with Gasteiger partial charge in [0.15, 0.2) is 0 Å². The summed E-state index contributed by atoms with van der Waals surface area (Å²) in [4.78, 5) is 15.1. The predicted octanol–water partition coefficient (Wildman–Crippen LogP) is 15.0. The van der Waals surface area contributed by atoms with Crippen molar-refractivity contribution in [2.24, 2.45) is 0 Å². The van der Waals surface area contributed by atoms with E-state index in [1.54, 1.807) is 42.0 Å². The van der Waals surface area contributed by atoms with Gasteiger partial charge in [0.05, 0.1) is 19.4 Å². The molecular weight excluding hydrogens is 966 g/mol. The molecule has 0 bridgehead atoms. The summed E-state index contributed by atoms with van der Waals surface area (Å²) in [5, 5.41) is 0. The normalized spacial score (nSPS) is 14.8. The summed E-state index contributed by atoms with van der Waals surface area (Å²) < 4.78 is 93.9. The van der Waals surface area contributed by atoms with Gasteiger partial charge < -0.3 is 19.4 Å². The summed E-state index contributed by atoms with van der Waals surface area (Å²) in [5.74, 6) is 1.46. The standard InChI is InChI=1S/C57H42N5O.Pt/c1-57(2,3)41-30-33-59-55(34-41)62-51-31-32-58-37-50(51)48-23-11-10-22-47(48)49-29-28-44(36-54(49)62)63-43-21-14-20-42(35-43)60-38-61(53-27-13-12-26-52(53)60)56-45(39-16-6-4-7-17-39)24-15-25-46(56)40-18-8-5-9-19-40;/h4-34,37-38H,1-3H3;/q-3;/i4D,5D,6D,7D,8D,9D,16D,17D,18D,19D;. The van der Waals surface area contributed by atoms with Gasteiger partial charge in [0.25, 0.3) is 0 Å². The van der Waals surface area contributed by atoms with Gasteiger partial charge in [-0.2, -0.15) is 12.1 Å². The monoisotopic (exact) mass is 1020 g/mol. The van der Waals surface area contributed by atoms with Crippen molar-refractivity contribution < 1.29 is 39.5 Å². The summed E-state index contributed by atoms with van der Waals surface area (Å²) in [6, 6.07) is 37.7. The molecule has 0 unspecified atom stereocenters. The fourth-order valence-corrected chi connectivity index (χ4v) is 8.24. The maximum atomic E-state index is 9.04. The van der Waals surface area contributed by atoms with Gasteiger partial charge in [-0.25, -0.2) is 4.98 Å². The van der Waals surface area contributed by atoms with Crippen LogP contribution in [0.2, 0.25) is 0 Å². The van der Waals surface area contributed by atoms with Crippen LogP contribution in [0.15, 0.2) is 194 Å². The topological polar surface area (TPSA) is 44.7 Å². The molecular formula is C57H42N5OPt-3. The number of hydrogen-bond donors (Lipinski definition) is 0. The molecule has 0 fully saturated rings. The Morgan fingerprint density at radius 2 is 1.20 bits per heavy atom. The molecule has 0 radical (unpaired) electrons. The number of aromatic nitrogens is 2. The zero-order valence-electron chi connectivity index (χ0n) is 44.7. The molecule has 0 aliphatic carbocycles. The Labute approximate surface area is 403 Å². The molecule has 0 atom stereocenters. The van der Waals surface area contributed by atoms with E-state index in [2.05, 4.69) is 61.0 Å². The van der Waals surface area contributed by atoms with Gasteiger partial charge >= 0.3 is 0 Å². The van der Waals surface area contributed by atoms with Crippen LogP contribution in [0.4, 0.5) is 39.9 Å². The van der Waals surface area contributed by atoms with E-state index in [4.69, 9.17) is 23.4 Å². The quantitative estimate of drug-likeness (QED) is 0.148. The van der Waals surface area contributed by atoms with Crippen LogP contribution in [0.1, 0.15) is 40.0 Å². The molecule has 2 aliphatic rings. The van der Waals surface area contributed by atoms with E-state index < -0.39 is 60.4 Å². The second-order valence-electron chi connectivity index (χ2n) is 16.1. The third-order valence-electron chi connectivity index (χ3n) is 11.2. The number of nitrogens with zero attached hydrogens (tertiary/aromatic N) is 5. The second kappa shape index (κ2) is 16.8. The van der Waals surface area contributed by atoms with Crippen LogP contribution in [0, 0.1) is 18.8 Å². The van der Waals surface area contributed by atoms with Gasteiger partial charge in [-0.15, -0.1) is 48.3 Å². The van der Waals surface area contributed by atoms with Gasteiger partial charge in [0.1, 0.15) is 5.82 Å². The van der Waals surface area contributed by atoms with Crippen LogP contribution < -0.4 is 19.4 Å². The van der Waals surface area contributed by atoms with Gasteiger partial charge in [0.2, 0.25) is 0 Å². The van der Waals surface area contributed by atoms with Crippen LogP contribution in [0.25, 0.3) is 44.5 Å². The molecule has 4 heterocycles. The number of anilines is 7. The van der Waals surface area contributed by atoms with E-state index in [1.165, 1.54) is 0 Å². The Balaban J connectivity index is 0.00000626. The van der Waals surface area contributed by atoms with Crippen molar-refractivity contribution in [2.45, 2.75) is 26.2 Å². The maximum Gasteiger partial charge on any atom is 0.135 e. The van der Waals surface area contributed by atoms with E-state index in [1.807, 2.05) is 90.1 Å². The molecule has 64 heavy (non-hydrogen) atoms. The molecule has 0 amide bonds. The molecule has 7 aromatic carbocycles. The molecule has 314 valence electrons. The van der Waals surface area contributed by atoms with Gasteiger partial charge in [-0.3, -0.25) is 4.98 Å². The summed E-state index contributed by atoms with van der Waals surface area (Å²) >= 11 is 0. The zero-order valence-corrected chi connectivity index (χ0v) is 37.0. The predicted molar refractivity (Wildman–Crippen MR) is 256 cm³/mol. The van der Waals surface area contributed by atoms with E-state index in [9.17, 15) is 0 Å². The SMILES string of the molecule is [2H]c1c([2H])c([2H])c(-c2cccc(-c3c([2H])c([2H])c([2H])c([2H])c3[2H])c2N2[CH-]N(c3[c-]c(Oc4[c-]c5c(cc4)-c4ccccc4-c4cnccc4N5c4cc(C(C)(C)C)ccn4)ccc3)c3ccccc32)c([2H])c1[2H].[Pt]. The number of benzene rings is 7. The van der Waals surface area contributed by atoms with Crippen molar-refractivity contribution in [3.63, 3.8) is 0 Å². The van der Waals surface area contributed by atoms with Crippen LogP contribution >= 0.6 is 0 Å². The first-order chi connectivity index (χ1) is 35.0. The van der Waals surface area contributed by atoms with Gasteiger partial charge in [0, 0.05) is 84.9 Å². The van der Waals surface area contributed by atoms with E-state index in [0.717, 1.165) is 39.2 Å². The van der Waals surface area contributed by atoms with Crippen molar-refractivity contribution in [3.05, 3.63) is 219 Å². The van der Waals surface area contributed by atoms with E-state index in [-0.39, 0.29) is 54.4 Å². The maximum absolute atomic E-state index is 9.04. The van der Waals surface area contributed by atoms with Crippen LogP contribution in [0.3, 0.4) is 0 Å². The Morgan fingerprint density at radius 3 is 1.91 bits per heavy atom. The number of para-hydroxylation sites is 3. The second-order valence-corrected chi connectivity index (χ2v) is 16.1. The molecule has 0 saturated carbocycles. The molecule has 2 aliphatic heterocycles. The molecule has 6 nitrogen and oxygen atoms in total. The molecule has 0 N–H and O–H groups in total. The smallest absolute Gasteiger partial charge is 0.135 e. The summed E-state index contributed by atoms with van der Waals surface area (Å²) in [6.07, 6.45) is 5.47. The molecule has 11 rings (SSSR count). The number of rotatable bonds is 7. The van der Waals surface area contributed by atoms with Crippen molar-refractivity contribution >= 4 is 39.9 Å². The Kier molecular flexibility index (Phi) is 8.06. The third-order valence-corrected chi connectivity index (χ3v) is 11.2. The molecule has 0 spiro atoms. The fourth-order valence-electron chi connectivity index (χ4n) is 8.24. The minimum absolute atomic E-state index is 0. The van der Waals surface area contributed by atoms with Crippen molar-refractivity contribution in [2.75, 3.05) is 14.7 Å². The van der Waals surface area contributed by atoms with Crippen molar-refractivity contribution in [1.29, 1.82) is 0 Å². The first-order valence-corrected chi connectivity index (χ1v) is 20.4. The fraction of sp³-hybridized carbons (Fsp3) is 0.0702. The zero-order chi connectivity index (χ0) is 51.2. The first kappa shape index (κ1) is 30.7. The summed E-state index contributed by atoms with van der Waals surface area (Å²) in [7, 11) is 0. The Morgan fingerprint density at radius 1 is 0.578 bits per heavy atom. The Bertz CT molecular complexity index is 3610. The van der Waals surface area contributed by atoms with Crippen LogP contribution in [-0.2, 0) is 26.5 Å². The van der Waals surface area contributed by atoms with E-state index >= 15 is 0 Å². The summed E-state index contributed by atoms with van der Waals surface area (Å²) in [6.45, 7) is 8.24. The summed E-state index contributed by atoms with van der Waals surface area (Å²) in [5.41, 5.74) is 8.46. The average molecular weight is 1020 g/mol. The van der Waals surface area contributed by atoms with Crippen LogP contribution in [-0.4, -0.2) is 9.97 Å². The van der Waals surface area contributed by atoms with Crippen LogP contribution in [0.5, 0.6) is 11.5 Å². The van der Waals surface area contributed by atoms with Crippen molar-refractivity contribution in [3.8, 4) is 56.0 Å². The third kappa shape index (κ3) is 7.34. The molecule has 0 saturated heterocycles. The average Bonchev–Trinajstić information content (AvgIpc) is 3.73. The van der Waals surface area contributed by atoms with Gasteiger partial charge in [-0.1, -0.05) is 147 Å². The first-order valence-electron chi connectivity index (χ1n) is 25.4. The number of hydrogen-bond acceptors (Lipinski definition) is 6. The number of pyridine rings is 2. The minimum atomic E-state index is -0.569. The Hall–Kier alpha value is -7.27. The van der Waals surface area contributed by atoms with Gasteiger partial charge in [-0.05, 0) is 58.0 Å². The number of fused-ring (bicyclic) bond motifs is 6. The van der Waals surface area contributed by atoms with E-state index in [0.29, 0.717) is 34.4 Å². The number of ether oxygens (including phenoxy) is 1. The molecule has 7 heteroatoms.